The molecule has 0 bridgehead atoms. The van der Waals surface area contributed by atoms with E-state index < -0.39 is 48.9 Å². The highest BCUT2D eigenvalue weighted by Crippen LogP contribution is 2.21. The zero-order valence-electron chi connectivity index (χ0n) is 18.9. The molecule has 4 atom stereocenters. The molecule has 0 aromatic heterocycles. The first-order valence-corrected chi connectivity index (χ1v) is 11.3. The fourth-order valence-corrected chi connectivity index (χ4v) is 4.26. The lowest BCUT2D eigenvalue weighted by molar-refractivity contribution is -0.141. The lowest BCUT2D eigenvalue weighted by atomic mass is 10.0. The molecular formula is C22H32N6O6. The van der Waals surface area contributed by atoms with Gasteiger partial charge in [-0.2, -0.15) is 0 Å². The van der Waals surface area contributed by atoms with Crippen molar-refractivity contribution < 1.29 is 29.3 Å². The number of likely N-dealkylation sites (tertiary alicyclic amines) is 2. The second-order valence-corrected chi connectivity index (χ2v) is 8.38. The molecule has 1 aromatic carbocycles. The Kier molecular flexibility index (Phi) is 8.66. The van der Waals surface area contributed by atoms with Gasteiger partial charge in [-0.1, -0.05) is 30.3 Å². The van der Waals surface area contributed by atoms with Crippen LogP contribution in [0.5, 0.6) is 0 Å². The summed E-state index contributed by atoms with van der Waals surface area (Å²) in [4.78, 5) is 40.7. The molecule has 3 unspecified atom stereocenters. The molecule has 2 aliphatic rings. The molecule has 0 aliphatic carbocycles. The van der Waals surface area contributed by atoms with Gasteiger partial charge in [-0.15, -0.1) is 0 Å². The number of carbonyl (C=O) groups excluding carboxylic acids is 3. The number of hydrogen-bond acceptors (Lipinski definition) is 7. The van der Waals surface area contributed by atoms with Crippen molar-refractivity contribution in [3.05, 3.63) is 35.9 Å². The Balaban J connectivity index is 1.56. The average Bonchev–Trinajstić information content (AvgIpc) is 3.33. The Morgan fingerprint density at radius 3 is 2.50 bits per heavy atom. The van der Waals surface area contributed by atoms with Gasteiger partial charge >= 0.3 is 6.09 Å². The number of ether oxygens (including phenoxy) is 1. The number of piperidine rings is 1. The normalized spacial score (nSPS) is 23.2. The number of nitrogens with two attached hydrogens (primary N) is 1. The summed E-state index contributed by atoms with van der Waals surface area (Å²) in [5.41, 5.74) is 6.26. The van der Waals surface area contributed by atoms with E-state index in [0.29, 0.717) is 38.8 Å². The van der Waals surface area contributed by atoms with E-state index in [2.05, 4.69) is 10.6 Å². The lowest BCUT2D eigenvalue weighted by Gasteiger charge is -2.39. The molecule has 0 radical (unpaired) electrons. The van der Waals surface area contributed by atoms with E-state index in [4.69, 9.17) is 15.9 Å². The SMILES string of the molecule is N=C(N)N1CCCC(NC(=O)[C@H]2CCCN2C(=O)C(CO)NC(=O)OCc2ccccc2)C1O. The molecule has 0 saturated carbocycles. The Morgan fingerprint density at radius 2 is 1.82 bits per heavy atom. The minimum atomic E-state index is -1.26. The molecule has 7 N–H and O–H groups in total. The average molecular weight is 477 g/mol. The van der Waals surface area contributed by atoms with Crippen LogP contribution in [0.3, 0.4) is 0 Å². The van der Waals surface area contributed by atoms with Crippen molar-refractivity contribution in [2.24, 2.45) is 5.73 Å². The van der Waals surface area contributed by atoms with Gasteiger partial charge in [-0.3, -0.25) is 15.0 Å². The van der Waals surface area contributed by atoms with E-state index >= 15 is 0 Å². The molecule has 12 heteroatoms. The molecular weight excluding hydrogens is 444 g/mol. The van der Waals surface area contributed by atoms with Crippen LogP contribution in [0, 0.1) is 5.41 Å². The third-order valence-electron chi connectivity index (χ3n) is 6.05. The van der Waals surface area contributed by atoms with E-state index in [0.717, 1.165) is 5.56 Å². The van der Waals surface area contributed by atoms with Gasteiger partial charge < -0.3 is 41.1 Å². The molecule has 2 aliphatic heterocycles. The maximum atomic E-state index is 13.0. The van der Waals surface area contributed by atoms with Crippen molar-refractivity contribution in [1.82, 2.24) is 20.4 Å². The van der Waals surface area contributed by atoms with Gasteiger partial charge in [0.1, 0.15) is 24.9 Å². The molecule has 2 fully saturated rings. The number of amides is 3. The summed E-state index contributed by atoms with van der Waals surface area (Å²) in [5, 5.41) is 32.8. The minimum Gasteiger partial charge on any atom is -0.445 e. The lowest BCUT2D eigenvalue weighted by Crippen LogP contribution is -2.61. The number of alkyl carbamates (subject to hydrolysis) is 1. The van der Waals surface area contributed by atoms with E-state index in [1.807, 2.05) is 6.07 Å². The predicted octanol–water partition coefficient (Wildman–Crippen LogP) is -0.943. The molecule has 0 spiro atoms. The number of carbonyl (C=O) groups is 3. The van der Waals surface area contributed by atoms with Gasteiger partial charge in [0.15, 0.2) is 5.96 Å². The fraction of sp³-hybridized carbons (Fsp3) is 0.545. The number of guanidine groups is 1. The van der Waals surface area contributed by atoms with Crippen molar-refractivity contribution in [3.8, 4) is 0 Å². The number of aliphatic hydroxyl groups is 2. The van der Waals surface area contributed by atoms with Crippen molar-refractivity contribution >= 4 is 23.9 Å². The van der Waals surface area contributed by atoms with Crippen LogP contribution in [0.1, 0.15) is 31.2 Å². The predicted molar refractivity (Wildman–Crippen MR) is 121 cm³/mol. The highest BCUT2D eigenvalue weighted by Gasteiger charge is 2.40. The maximum absolute atomic E-state index is 13.0. The first-order chi connectivity index (χ1) is 16.3. The second kappa shape index (κ2) is 11.7. The molecule has 3 rings (SSSR count). The van der Waals surface area contributed by atoms with E-state index in [9.17, 15) is 24.6 Å². The maximum Gasteiger partial charge on any atom is 0.408 e. The zero-order chi connectivity index (χ0) is 24.7. The standard InChI is InChI=1S/C22H32N6O6/c23-21(24)28-11-4-8-15(19(28)31)25-18(30)17-9-5-10-27(17)20(32)16(12-29)26-22(33)34-13-14-6-2-1-3-7-14/h1-3,6-7,15-17,19,29,31H,4-5,8-13H2,(H3,23,24)(H,25,30)(H,26,33)/t15?,16?,17-,19?/m1/s1. The first-order valence-electron chi connectivity index (χ1n) is 11.3. The van der Waals surface area contributed by atoms with Crippen molar-refractivity contribution in [2.45, 2.75) is 56.6 Å². The van der Waals surface area contributed by atoms with Crippen LogP contribution in [0.25, 0.3) is 0 Å². The zero-order valence-corrected chi connectivity index (χ0v) is 18.9. The van der Waals surface area contributed by atoms with Gasteiger partial charge in [0, 0.05) is 13.1 Å². The quantitative estimate of drug-likeness (QED) is 0.215. The molecule has 34 heavy (non-hydrogen) atoms. The van der Waals surface area contributed by atoms with Gasteiger partial charge in [0.2, 0.25) is 11.8 Å². The number of nitrogens with zero attached hydrogens (tertiary/aromatic N) is 2. The third-order valence-corrected chi connectivity index (χ3v) is 6.05. The largest absolute Gasteiger partial charge is 0.445 e. The highest BCUT2D eigenvalue weighted by molar-refractivity contribution is 5.92. The van der Waals surface area contributed by atoms with Gasteiger partial charge in [-0.25, -0.2) is 4.79 Å². The molecule has 2 heterocycles. The van der Waals surface area contributed by atoms with Crippen LogP contribution in [-0.2, 0) is 20.9 Å². The highest BCUT2D eigenvalue weighted by atomic mass is 16.5. The van der Waals surface area contributed by atoms with Gasteiger partial charge in [0.25, 0.3) is 0 Å². The monoisotopic (exact) mass is 476 g/mol. The van der Waals surface area contributed by atoms with Crippen LogP contribution in [0.2, 0.25) is 0 Å². The van der Waals surface area contributed by atoms with Crippen molar-refractivity contribution in [1.29, 1.82) is 5.41 Å². The van der Waals surface area contributed by atoms with Gasteiger partial charge in [-0.05, 0) is 31.2 Å². The van der Waals surface area contributed by atoms with Crippen LogP contribution in [0.4, 0.5) is 4.79 Å². The minimum absolute atomic E-state index is 0.00868. The van der Waals surface area contributed by atoms with Crippen molar-refractivity contribution in [3.63, 3.8) is 0 Å². The Morgan fingerprint density at radius 1 is 1.15 bits per heavy atom. The van der Waals surface area contributed by atoms with E-state index in [-0.39, 0.29) is 12.6 Å². The number of hydrogen-bond donors (Lipinski definition) is 6. The van der Waals surface area contributed by atoms with Gasteiger partial charge in [0.05, 0.1) is 12.6 Å². The number of aliphatic hydroxyl groups excluding tert-OH is 2. The fourth-order valence-electron chi connectivity index (χ4n) is 4.26. The summed E-state index contributed by atoms with van der Waals surface area (Å²) in [6.07, 6.45) is 0.140. The summed E-state index contributed by atoms with van der Waals surface area (Å²) in [5.74, 6) is -1.31. The number of benzene rings is 1. The smallest absolute Gasteiger partial charge is 0.408 e. The number of rotatable bonds is 7. The Hall–Kier alpha value is -3.38. The van der Waals surface area contributed by atoms with Crippen LogP contribution in [-0.4, -0.2) is 87.9 Å². The van der Waals surface area contributed by atoms with Crippen LogP contribution in [0.15, 0.2) is 30.3 Å². The summed E-state index contributed by atoms with van der Waals surface area (Å²) in [6.45, 7) is 0.0653. The van der Waals surface area contributed by atoms with Crippen molar-refractivity contribution in [2.75, 3.05) is 19.7 Å². The molecule has 2 saturated heterocycles. The van der Waals surface area contributed by atoms with Crippen LogP contribution >= 0.6 is 0 Å². The Labute approximate surface area is 197 Å². The first kappa shape index (κ1) is 25.2. The van der Waals surface area contributed by atoms with Crippen LogP contribution < -0.4 is 16.4 Å². The summed E-state index contributed by atoms with van der Waals surface area (Å²) >= 11 is 0. The van der Waals surface area contributed by atoms with E-state index in [1.165, 1.54) is 9.80 Å². The third kappa shape index (κ3) is 6.14. The van der Waals surface area contributed by atoms with E-state index in [1.54, 1.807) is 24.3 Å². The topological polar surface area (TPSA) is 181 Å². The Bertz CT molecular complexity index is 884. The number of nitrogens with one attached hydrogen (secondary N) is 3. The summed E-state index contributed by atoms with van der Waals surface area (Å²) < 4.78 is 5.12. The summed E-state index contributed by atoms with van der Waals surface area (Å²) in [6, 6.07) is 6.32. The molecule has 1 aromatic rings. The summed E-state index contributed by atoms with van der Waals surface area (Å²) in [7, 11) is 0. The molecule has 3 amide bonds. The second-order valence-electron chi connectivity index (χ2n) is 8.38. The molecule has 186 valence electrons. The molecule has 12 nitrogen and oxygen atoms in total.